The molecule has 0 bridgehead atoms. The zero-order chi connectivity index (χ0) is 19.6. The quantitative estimate of drug-likeness (QED) is 0.666. The van der Waals surface area contributed by atoms with Crippen LogP contribution >= 0.6 is 0 Å². The van der Waals surface area contributed by atoms with Crippen LogP contribution in [-0.2, 0) is 4.79 Å². The van der Waals surface area contributed by atoms with E-state index in [0.29, 0.717) is 18.1 Å². The van der Waals surface area contributed by atoms with E-state index in [2.05, 4.69) is 12.2 Å². The molecule has 2 aromatic rings. The van der Waals surface area contributed by atoms with Gasteiger partial charge in [-0.2, -0.15) is 0 Å². The van der Waals surface area contributed by atoms with Gasteiger partial charge in [0.2, 0.25) is 5.91 Å². The Hall–Kier alpha value is -2.95. The van der Waals surface area contributed by atoms with Crippen LogP contribution in [0.3, 0.4) is 0 Å². The Morgan fingerprint density at radius 2 is 1.89 bits per heavy atom. The predicted molar refractivity (Wildman–Crippen MR) is 107 cm³/mol. The van der Waals surface area contributed by atoms with Crippen molar-refractivity contribution in [3.63, 3.8) is 0 Å². The Morgan fingerprint density at radius 3 is 2.59 bits per heavy atom. The first-order valence-electron chi connectivity index (χ1n) is 9.00. The highest BCUT2D eigenvalue weighted by Gasteiger charge is 2.09. The number of ether oxygens (including phenoxy) is 3. The highest BCUT2D eigenvalue weighted by molar-refractivity contribution is 5.92. The summed E-state index contributed by atoms with van der Waals surface area (Å²) < 4.78 is 16.1. The van der Waals surface area contributed by atoms with Gasteiger partial charge < -0.3 is 19.5 Å². The minimum Gasteiger partial charge on any atom is -0.494 e. The lowest BCUT2D eigenvalue weighted by molar-refractivity contribution is -0.117. The molecule has 2 rings (SSSR count). The zero-order valence-corrected chi connectivity index (χ0v) is 16.3. The van der Waals surface area contributed by atoms with Crippen LogP contribution in [0.1, 0.15) is 37.4 Å². The fourth-order valence-electron chi connectivity index (χ4n) is 2.57. The number of carbonyl (C=O) groups excluding carboxylic acids is 1. The molecule has 0 fully saturated rings. The van der Waals surface area contributed by atoms with E-state index in [9.17, 15) is 4.79 Å². The molecule has 0 aliphatic carbocycles. The maximum Gasteiger partial charge on any atom is 0.244 e. The van der Waals surface area contributed by atoms with Gasteiger partial charge in [-0.15, -0.1) is 0 Å². The maximum absolute atomic E-state index is 12.2. The van der Waals surface area contributed by atoms with Crippen LogP contribution in [0.25, 0.3) is 6.08 Å². The van der Waals surface area contributed by atoms with Crippen molar-refractivity contribution in [2.24, 2.45) is 0 Å². The van der Waals surface area contributed by atoms with E-state index in [1.165, 1.54) is 6.08 Å². The third-order valence-electron chi connectivity index (χ3n) is 4.02. The molecular weight excluding hydrogens is 342 g/mol. The van der Waals surface area contributed by atoms with Crippen LogP contribution in [0.15, 0.2) is 48.5 Å². The number of hydrogen-bond acceptors (Lipinski definition) is 4. The molecule has 0 heterocycles. The van der Waals surface area contributed by atoms with E-state index in [-0.39, 0.29) is 11.9 Å². The first-order chi connectivity index (χ1) is 13.1. The van der Waals surface area contributed by atoms with Crippen molar-refractivity contribution in [3.8, 4) is 17.2 Å². The second-order valence-corrected chi connectivity index (χ2v) is 6.10. The summed E-state index contributed by atoms with van der Waals surface area (Å²) in [5, 5.41) is 2.96. The molecule has 0 aliphatic heterocycles. The SMILES string of the molecule is CCCOc1cccc(C(C)NC(=O)/C=C/c2ccc(OC)c(OC)c2)c1. The Bertz CT molecular complexity index is 786. The monoisotopic (exact) mass is 369 g/mol. The van der Waals surface area contributed by atoms with Crippen molar-refractivity contribution >= 4 is 12.0 Å². The molecule has 5 nitrogen and oxygen atoms in total. The normalized spacial score (nSPS) is 11.9. The van der Waals surface area contributed by atoms with Gasteiger partial charge in [0.15, 0.2) is 11.5 Å². The summed E-state index contributed by atoms with van der Waals surface area (Å²) >= 11 is 0. The van der Waals surface area contributed by atoms with Crippen molar-refractivity contribution in [1.29, 1.82) is 0 Å². The molecule has 27 heavy (non-hydrogen) atoms. The summed E-state index contributed by atoms with van der Waals surface area (Å²) in [6, 6.07) is 13.1. The van der Waals surface area contributed by atoms with Gasteiger partial charge >= 0.3 is 0 Å². The molecule has 0 saturated heterocycles. The first-order valence-corrected chi connectivity index (χ1v) is 9.00. The topological polar surface area (TPSA) is 56.8 Å². The molecule has 0 saturated carbocycles. The maximum atomic E-state index is 12.2. The van der Waals surface area contributed by atoms with Gasteiger partial charge in [-0.3, -0.25) is 4.79 Å². The fourth-order valence-corrected chi connectivity index (χ4v) is 2.57. The van der Waals surface area contributed by atoms with E-state index in [1.807, 2.05) is 43.3 Å². The highest BCUT2D eigenvalue weighted by Crippen LogP contribution is 2.28. The van der Waals surface area contributed by atoms with E-state index in [4.69, 9.17) is 14.2 Å². The second kappa shape index (κ2) is 10.3. The number of rotatable bonds is 9. The Balaban J connectivity index is 1.99. The van der Waals surface area contributed by atoms with Crippen LogP contribution < -0.4 is 19.5 Å². The van der Waals surface area contributed by atoms with Crippen molar-refractivity contribution in [1.82, 2.24) is 5.32 Å². The fraction of sp³-hybridized carbons (Fsp3) is 0.318. The molecule has 0 radical (unpaired) electrons. The van der Waals surface area contributed by atoms with Gasteiger partial charge in [0, 0.05) is 6.08 Å². The molecule has 0 aromatic heterocycles. The number of methoxy groups -OCH3 is 2. The minimum atomic E-state index is -0.169. The molecule has 2 aromatic carbocycles. The molecule has 1 amide bonds. The van der Waals surface area contributed by atoms with E-state index >= 15 is 0 Å². The molecule has 144 valence electrons. The van der Waals surface area contributed by atoms with Crippen LogP contribution in [0.4, 0.5) is 0 Å². The Kier molecular flexibility index (Phi) is 7.74. The summed E-state index contributed by atoms with van der Waals surface area (Å²) in [4.78, 5) is 12.2. The van der Waals surface area contributed by atoms with Crippen LogP contribution in [0, 0.1) is 0 Å². The van der Waals surface area contributed by atoms with Gasteiger partial charge in [-0.05, 0) is 54.8 Å². The van der Waals surface area contributed by atoms with Crippen molar-refractivity contribution in [2.45, 2.75) is 26.3 Å². The Labute approximate surface area is 161 Å². The van der Waals surface area contributed by atoms with Crippen molar-refractivity contribution in [2.75, 3.05) is 20.8 Å². The average molecular weight is 369 g/mol. The molecule has 0 spiro atoms. The standard InChI is InChI=1S/C22H27NO4/c1-5-13-27-19-8-6-7-18(15-19)16(2)23-22(24)12-10-17-9-11-20(25-3)21(14-17)26-4/h6-12,14-16H,5,13H2,1-4H3,(H,23,24)/b12-10+. The summed E-state index contributed by atoms with van der Waals surface area (Å²) in [5.41, 5.74) is 1.85. The lowest BCUT2D eigenvalue weighted by Gasteiger charge is -2.14. The minimum absolute atomic E-state index is 0.127. The molecule has 1 atom stereocenters. The van der Waals surface area contributed by atoms with Crippen LogP contribution in [0.2, 0.25) is 0 Å². The predicted octanol–water partition coefficient (Wildman–Crippen LogP) is 4.38. The summed E-state index contributed by atoms with van der Waals surface area (Å²) in [6.07, 6.45) is 4.21. The van der Waals surface area contributed by atoms with E-state index in [0.717, 1.165) is 23.3 Å². The Morgan fingerprint density at radius 1 is 1.11 bits per heavy atom. The van der Waals surface area contributed by atoms with Gasteiger partial charge in [-0.25, -0.2) is 0 Å². The van der Waals surface area contributed by atoms with Crippen molar-refractivity contribution in [3.05, 3.63) is 59.7 Å². The third-order valence-corrected chi connectivity index (χ3v) is 4.02. The molecule has 5 heteroatoms. The second-order valence-electron chi connectivity index (χ2n) is 6.10. The molecule has 1 unspecified atom stereocenters. The summed E-state index contributed by atoms with van der Waals surface area (Å²) in [5.74, 6) is 1.92. The number of carbonyl (C=O) groups is 1. The van der Waals surface area contributed by atoms with Gasteiger partial charge in [0.25, 0.3) is 0 Å². The zero-order valence-electron chi connectivity index (χ0n) is 16.3. The van der Waals surface area contributed by atoms with Gasteiger partial charge in [0.1, 0.15) is 5.75 Å². The highest BCUT2D eigenvalue weighted by atomic mass is 16.5. The van der Waals surface area contributed by atoms with E-state index < -0.39 is 0 Å². The van der Waals surface area contributed by atoms with Crippen molar-refractivity contribution < 1.29 is 19.0 Å². The lowest BCUT2D eigenvalue weighted by Crippen LogP contribution is -2.24. The number of hydrogen-bond donors (Lipinski definition) is 1. The smallest absolute Gasteiger partial charge is 0.244 e. The molecule has 1 N–H and O–H groups in total. The summed E-state index contributed by atoms with van der Waals surface area (Å²) in [7, 11) is 3.17. The van der Waals surface area contributed by atoms with E-state index in [1.54, 1.807) is 26.4 Å². The number of nitrogens with one attached hydrogen (secondary N) is 1. The average Bonchev–Trinajstić information content (AvgIpc) is 2.70. The number of benzene rings is 2. The van der Waals surface area contributed by atoms with Crippen LogP contribution in [0.5, 0.6) is 17.2 Å². The molecule has 0 aliphatic rings. The number of amides is 1. The van der Waals surface area contributed by atoms with Crippen LogP contribution in [-0.4, -0.2) is 26.7 Å². The first kappa shape index (κ1) is 20.4. The van der Waals surface area contributed by atoms with Gasteiger partial charge in [0.05, 0.1) is 26.9 Å². The molecular formula is C22H27NO4. The van der Waals surface area contributed by atoms with Gasteiger partial charge in [-0.1, -0.05) is 25.1 Å². The third kappa shape index (κ3) is 6.06. The summed E-state index contributed by atoms with van der Waals surface area (Å²) in [6.45, 7) is 4.69. The largest absolute Gasteiger partial charge is 0.494 e. The lowest BCUT2D eigenvalue weighted by atomic mass is 10.1.